The van der Waals surface area contributed by atoms with E-state index in [0.29, 0.717) is 18.1 Å². The van der Waals surface area contributed by atoms with Gasteiger partial charge in [0, 0.05) is 11.8 Å². The topological polar surface area (TPSA) is 35.2 Å². The summed E-state index contributed by atoms with van der Waals surface area (Å²) in [6, 6.07) is 9.97. The summed E-state index contributed by atoms with van der Waals surface area (Å²) in [5, 5.41) is 0. The van der Waals surface area contributed by atoms with Gasteiger partial charge in [-0.1, -0.05) is 84.5 Å². The Morgan fingerprint density at radius 1 is 1.05 bits per heavy atom. The molecule has 22 heavy (non-hydrogen) atoms. The van der Waals surface area contributed by atoms with E-state index < -0.39 is 0 Å². The van der Waals surface area contributed by atoms with Crippen molar-refractivity contribution in [2.75, 3.05) is 0 Å². The molecule has 0 heterocycles. The van der Waals surface area contributed by atoms with E-state index in [1.807, 2.05) is 84.9 Å². The van der Waals surface area contributed by atoms with Gasteiger partial charge >= 0.3 is 0 Å². The largest absolute Gasteiger partial charge is 0.489 e. The molecule has 2 heteroatoms. The molecule has 0 radical (unpaired) electrons. The van der Waals surface area contributed by atoms with Gasteiger partial charge in [-0.15, -0.1) is 0 Å². The fourth-order valence-electron chi connectivity index (χ4n) is 1.15. The molecule has 0 bridgehead atoms. The molecule has 0 unspecified atom stereocenters. The maximum Gasteiger partial charge on any atom is 0.121 e. The van der Waals surface area contributed by atoms with Gasteiger partial charge in [0.1, 0.15) is 12.4 Å². The minimum Gasteiger partial charge on any atom is -0.489 e. The lowest BCUT2D eigenvalue weighted by Gasteiger charge is -2.06. The average Bonchev–Trinajstić information content (AvgIpc) is 2.64. The minimum absolute atomic E-state index is 0.523. The van der Waals surface area contributed by atoms with Gasteiger partial charge in [0.25, 0.3) is 0 Å². The lowest BCUT2D eigenvalue weighted by Crippen LogP contribution is -1.97. The molecule has 0 amide bonds. The second-order valence-corrected chi connectivity index (χ2v) is 3.31. The number of hydrogen-bond donors (Lipinski definition) is 1. The molecule has 0 saturated heterocycles. The lowest BCUT2D eigenvalue weighted by atomic mass is 10.2. The van der Waals surface area contributed by atoms with E-state index >= 15 is 0 Å². The lowest BCUT2D eigenvalue weighted by molar-refractivity contribution is 0.211. The van der Waals surface area contributed by atoms with Crippen LogP contribution in [0, 0.1) is 0 Å². The fraction of sp³-hybridized carbons (Fsp3) is 0.400. The number of benzene rings is 1. The first kappa shape index (κ1) is 25.0. The van der Waals surface area contributed by atoms with Gasteiger partial charge in [-0.25, -0.2) is 0 Å². The number of rotatable bonds is 5. The highest BCUT2D eigenvalue weighted by Gasteiger charge is 1.95. The maximum absolute atomic E-state index is 5.68. The van der Waals surface area contributed by atoms with Crippen LogP contribution in [0.25, 0.3) is 0 Å². The van der Waals surface area contributed by atoms with Crippen molar-refractivity contribution in [2.24, 2.45) is 5.73 Å². The molecule has 0 fully saturated rings. The summed E-state index contributed by atoms with van der Waals surface area (Å²) in [6.45, 7) is 18.1. The molecule has 0 saturated carbocycles. The number of ether oxygens (including phenoxy) is 1. The van der Waals surface area contributed by atoms with Crippen LogP contribution in [-0.2, 0) is 11.3 Å². The van der Waals surface area contributed by atoms with Crippen LogP contribution < -0.4 is 5.73 Å². The van der Waals surface area contributed by atoms with E-state index in [1.54, 1.807) is 12.2 Å². The second kappa shape index (κ2) is 21.3. The Morgan fingerprint density at radius 2 is 1.55 bits per heavy atom. The summed E-state index contributed by atoms with van der Waals surface area (Å²) >= 11 is 0. The van der Waals surface area contributed by atoms with Crippen molar-refractivity contribution in [3.8, 4) is 0 Å². The van der Waals surface area contributed by atoms with E-state index in [-0.39, 0.29) is 0 Å². The van der Waals surface area contributed by atoms with Gasteiger partial charge in [0.15, 0.2) is 0 Å². The van der Waals surface area contributed by atoms with Crippen LogP contribution in [0.2, 0.25) is 0 Å². The first-order valence-electron chi connectivity index (χ1n) is 8.19. The summed E-state index contributed by atoms with van der Waals surface area (Å²) in [7, 11) is 0. The first-order chi connectivity index (χ1) is 10.8. The Labute approximate surface area is 138 Å². The third-order valence-electron chi connectivity index (χ3n) is 2.09. The molecular formula is C20H35NO. The van der Waals surface area contributed by atoms with E-state index in [9.17, 15) is 0 Å². The Bertz CT molecular complexity index is 391. The van der Waals surface area contributed by atoms with Gasteiger partial charge in [-0.05, 0) is 18.6 Å². The Morgan fingerprint density at radius 3 is 1.95 bits per heavy atom. The molecule has 0 aliphatic carbocycles. The summed E-state index contributed by atoms with van der Waals surface area (Å²) in [6.07, 6.45) is 5.23. The fourth-order valence-corrected chi connectivity index (χ4v) is 1.15. The third kappa shape index (κ3) is 14.4. The van der Waals surface area contributed by atoms with Gasteiger partial charge < -0.3 is 10.5 Å². The maximum atomic E-state index is 5.68. The number of allylic oxidation sites excluding steroid dienone is 3. The second-order valence-electron chi connectivity index (χ2n) is 3.31. The molecule has 126 valence electrons. The normalized spacial score (nSPS) is 9.77. The minimum atomic E-state index is 0.523. The van der Waals surface area contributed by atoms with Crippen LogP contribution >= 0.6 is 0 Å². The Hall–Kier alpha value is -1.96. The van der Waals surface area contributed by atoms with Gasteiger partial charge in [-0.2, -0.15) is 0 Å². The summed E-state index contributed by atoms with van der Waals surface area (Å²) in [4.78, 5) is 0. The first-order valence-corrected chi connectivity index (χ1v) is 8.19. The Balaban J connectivity index is -0.000000535. The van der Waals surface area contributed by atoms with Crippen LogP contribution in [0.3, 0.4) is 0 Å². The van der Waals surface area contributed by atoms with Gasteiger partial charge in [0.2, 0.25) is 0 Å². The standard InChI is InChI=1S/C14H17NO.3C2H6/c1-3-13(15)10-14(4-2)16-11-12-8-6-5-7-9-12;3*1-2/h3-10H,2,11,15H2,1H3;3*1-2H3/b13-3+,14-10+;;;. The van der Waals surface area contributed by atoms with Crippen molar-refractivity contribution in [3.05, 3.63) is 72.2 Å². The molecule has 0 aliphatic rings. The molecule has 0 atom stereocenters. The van der Waals surface area contributed by atoms with E-state index in [2.05, 4.69) is 6.58 Å². The SMILES string of the molecule is C=C/C(=C\C(N)=C/C)OCc1ccccc1.CC.CC.CC. The third-order valence-corrected chi connectivity index (χ3v) is 2.09. The molecular weight excluding hydrogens is 270 g/mol. The highest BCUT2D eigenvalue weighted by Crippen LogP contribution is 2.07. The van der Waals surface area contributed by atoms with Crippen molar-refractivity contribution < 1.29 is 4.74 Å². The highest BCUT2D eigenvalue weighted by atomic mass is 16.5. The van der Waals surface area contributed by atoms with Crippen LogP contribution in [0.15, 0.2) is 66.6 Å². The Kier molecular flexibility index (Phi) is 24.3. The molecule has 2 nitrogen and oxygen atoms in total. The summed E-state index contributed by atoms with van der Waals surface area (Å²) in [5.41, 5.74) is 7.46. The molecule has 0 spiro atoms. The van der Waals surface area contributed by atoms with Crippen LogP contribution in [0.4, 0.5) is 0 Å². The van der Waals surface area contributed by atoms with Crippen LogP contribution in [-0.4, -0.2) is 0 Å². The average molecular weight is 306 g/mol. The zero-order chi connectivity index (χ0) is 17.8. The van der Waals surface area contributed by atoms with Crippen molar-refractivity contribution in [1.29, 1.82) is 0 Å². The van der Waals surface area contributed by atoms with E-state index in [4.69, 9.17) is 10.5 Å². The number of nitrogens with two attached hydrogens (primary N) is 1. The van der Waals surface area contributed by atoms with Crippen LogP contribution in [0.1, 0.15) is 54.0 Å². The molecule has 2 N–H and O–H groups in total. The van der Waals surface area contributed by atoms with Crippen LogP contribution in [0.5, 0.6) is 0 Å². The summed E-state index contributed by atoms with van der Waals surface area (Å²) in [5.74, 6) is 0.680. The summed E-state index contributed by atoms with van der Waals surface area (Å²) < 4.78 is 5.57. The monoisotopic (exact) mass is 305 g/mol. The number of hydrogen-bond acceptors (Lipinski definition) is 2. The smallest absolute Gasteiger partial charge is 0.121 e. The van der Waals surface area contributed by atoms with E-state index in [0.717, 1.165) is 5.56 Å². The molecule has 1 rings (SSSR count). The molecule has 0 aliphatic heterocycles. The molecule has 1 aromatic carbocycles. The zero-order valence-electron chi connectivity index (χ0n) is 15.5. The quantitative estimate of drug-likeness (QED) is 0.518. The zero-order valence-corrected chi connectivity index (χ0v) is 15.5. The van der Waals surface area contributed by atoms with Crippen molar-refractivity contribution in [3.63, 3.8) is 0 Å². The molecule has 1 aromatic rings. The molecule has 0 aromatic heterocycles. The van der Waals surface area contributed by atoms with E-state index in [1.165, 1.54) is 0 Å². The van der Waals surface area contributed by atoms with Gasteiger partial charge in [-0.3, -0.25) is 0 Å². The predicted molar refractivity (Wildman–Crippen MR) is 101 cm³/mol. The highest BCUT2D eigenvalue weighted by molar-refractivity contribution is 5.23. The van der Waals surface area contributed by atoms with Gasteiger partial charge in [0.05, 0.1) is 0 Å². The van der Waals surface area contributed by atoms with Crippen molar-refractivity contribution in [1.82, 2.24) is 0 Å². The predicted octanol–water partition coefficient (Wildman–Crippen LogP) is 6.21. The van der Waals surface area contributed by atoms with Crippen molar-refractivity contribution in [2.45, 2.75) is 55.1 Å². The van der Waals surface area contributed by atoms with Crippen molar-refractivity contribution >= 4 is 0 Å².